The van der Waals surface area contributed by atoms with Gasteiger partial charge in [0.15, 0.2) is 6.10 Å². The lowest BCUT2D eigenvalue weighted by molar-refractivity contribution is -0.174. The Morgan fingerprint density at radius 1 is 0.976 bits per heavy atom. The summed E-state index contributed by atoms with van der Waals surface area (Å²) in [4.78, 5) is 52.0. The highest BCUT2D eigenvalue weighted by Crippen LogP contribution is 2.55. The van der Waals surface area contributed by atoms with Crippen molar-refractivity contribution in [2.24, 2.45) is 11.8 Å². The van der Waals surface area contributed by atoms with E-state index in [-0.39, 0.29) is 42.8 Å². The quantitative estimate of drug-likeness (QED) is 0.225. The number of aromatic nitrogens is 3. The lowest BCUT2D eigenvalue weighted by atomic mass is 9.58. The molecule has 1 amide bonds. The van der Waals surface area contributed by atoms with Crippen molar-refractivity contribution in [1.29, 1.82) is 0 Å². The van der Waals surface area contributed by atoms with Gasteiger partial charge in [-0.15, -0.1) is 5.10 Å². The molecule has 0 N–H and O–H groups in total. The third-order valence-electron chi connectivity index (χ3n) is 7.99. The maximum Gasteiger partial charge on any atom is 0.328 e. The third kappa shape index (κ3) is 4.37. The third-order valence-corrected chi connectivity index (χ3v) is 8.22. The molecule has 0 spiro atoms. The molecule has 3 atom stereocenters. The lowest BCUT2D eigenvalue weighted by Gasteiger charge is -2.43. The van der Waals surface area contributed by atoms with E-state index >= 15 is 0 Å². The summed E-state index contributed by atoms with van der Waals surface area (Å²) in [6, 6.07) is 21.8. The first-order chi connectivity index (χ1) is 20.4. The second kappa shape index (κ2) is 11.1. The number of carbonyl (C=O) groups is 3. The zero-order valence-corrected chi connectivity index (χ0v) is 23.9. The Hall–Kier alpha value is -4.44. The number of para-hydroxylation sites is 1. The molecule has 1 aromatic heterocycles. The molecule has 10 nitrogen and oxygen atoms in total. The van der Waals surface area contributed by atoms with Gasteiger partial charge in [0.1, 0.15) is 11.0 Å². The number of fused-ring (bicyclic) bond motifs is 3. The number of carbonyl (C=O) groups excluding carboxylic acids is 3. The Labute approximate surface area is 247 Å². The number of benzene rings is 3. The van der Waals surface area contributed by atoms with Crippen molar-refractivity contribution in [3.63, 3.8) is 0 Å². The molecule has 0 unspecified atom stereocenters. The summed E-state index contributed by atoms with van der Waals surface area (Å²) in [6.45, 7) is 3.79. The maximum atomic E-state index is 14.4. The van der Waals surface area contributed by atoms with Crippen LogP contribution in [0.2, 0.25) is 5.02 Å². The van der Waals surface area contributed by atoms with Crippen LogP contribution in [-0.4, -0.2) is 57.7 Å². The van der Waals surface area contributed by atoms with Crippen LogP contribution in [0.15, 0.2) is 72.8 Å². The predicted molar refractivity (Wildman–Crippen MR) is 152 cm³/mol. The summed E-state index contributed by atoms with van der Waals surface area (Å²) in [5, 5.41) is 8.68. The Bertz CT molecular complexity index is 1640. The van der Waals surface area contributed by atoms with E-state index in [4.69, 9.17) is 25.9 Å². The SMILES string of the molecule is CCOC(=O)C1(C(=O)OCC)c2cc(Cl)ccc2[C@@H](On2nnc3ccccc32)[C@@H]2CN(Cc3ccccc3)C(=O)[C@H]21. The van der Waals surface area contributed by atoms with Crippen LogP contribution in [0.4, 0.5) is 0 Å². The van der Waals surface area contributed by atoms with Gasteiger partial charge in [0.2, 0.25) is 11.3 Å². The molecular weight excluding hydrogens is 560 g/mol. The molecule has 42 heavy (non-hydrogen) atoms. The number of ether oxygens (including phenoxy) is 2. The number of halogens is 1. The molecule has 0 saturated carbocycles. The molecular formula is C31H29ClN4O6. The van der Waals surface area contributed by atoms with E-state index in [1.807, 2.05) is 54.6 Å². The molecule has 216 valence electrons. The molecule has 1 fully saturated rings. The average Bonchev–Trinajstić information content (AvgIpc) is 3.55. The van der Waals surface area contributed by atoms with Crippen LogP contribution in [-0.2, 0) is 35.8 Å². The second-order valence-electron chi connectivity index (χ2n) is 10.3. The summed E-state index contributed by atoms with van der Waals surface area (Å²) in [5.74, 6) is -3.95. The van der Waals surface area contributed by atoms with Gasteiger partial charge in [-0.1, -0.05) is 65.0 Å². The topological polar surface area (TPSA) is 113 Å². The molecule has 2 aliphatic rings. The minimum Gasteiger partial charge on any atom is -0.465 e. The van der Waals surface area contributed by atoms with Crippen molar-refractivity contribution in [2.75, 3.05) is 19.8 Å². The molecule has 4 aromatic rings. The van der Waals surface area contributed by atoms with Gasteiger partial charge >= 0.3 is 11.9 Å². The molecule has 1 aliphatic heterocycles. The van der Waals surface area contributed by atoms with Crippen LogP contribution in [0.1, 0.15) is 36.6 Å². The highest BCUT2D eigenvalue weighted by Gasteiger charge is 2.69. The van der Waals surface area contributed by atoms with Crippen LogP contribution in [0.25, 0.3) is 11.0 Å². The van der Waals surface area contributed by atoms with Gasteiger partial charge in [0.25, 0.3) is 0 Å². The fourth-order valence-electron chi connectivity index (χ4n) is 6.28. The number of hydrogen-bond donors (Lipinski definition) is 0. The average molecular weight is 589 g/mol. The van der Waals surface area contributed by atoms with Gasteiger partial charge in [-0.3, -0.25) is 14.4 Å². The van der Waals surface area contributed by atoms with Crippen LogP contribution in [0, 0.1) is 11.8 Å². The molecule has 1 saturated heterocycles. The Balaban J connectivity index is 1.56. The number of nitrogens with zero attached hydrogens (tertiary/aromatic N) is 4. The van der Waals surface area contributed by atoms with E-state index < -0.39 is 35.3 Å². The Morgan fingerprint density at radius 2 is 1.67 bits per heavy atom. The standard InChI is InChI=1S/C31H29ClN4O6/c1-3-40-29(38)31(30(39)41-4-2)23-16-20(32)14-15-21(23)27(42-36-25-13-9-8-12-24(25)33-34-36)22-18-35(28(37)26(22)31)17-19-10-6-5-7-11-19/h5-16,22,26-27H,3-4,17-18H2,1-2H3/t22-,26+,27-/m1/s1. The van der Waals surface area contributed by atoms with E-state index in [0.29, 0.717) is 16.6 Å². The molecule has 0 bridgehead atoms. The first-order valence-corrected chi connectivity index (χ1v) is 14.2. The van der Waals surface area contributed by atoms with Gasteiger partial charge < -0.3 is 19.2 Å². The van der Waals surface area contributed by atoms with Crippen molar-refractivity contribution in [3.05, 3.63) is 94.5 Å². The van der Waals surface area contributed by atoms with Crippen molar-refractivity contribution in [1.82, 2.24) is 20.1 Å². The van der Waals surface area contributed by atoms with Crippen LogP contribution >= 0.6 is 11.6 Å². The zero-order chi connectivity index (χ0) is 29.4. The molecule has 0 radical (unpaired) electrons. The molecule has 6 rings (SSSR count). The normalized spacial score (nSPS) is 20.6. The highest BCUT2D eigenvalue weighted by molar-refractivity contribution is 6.30. The fourth-order valence-corrected chi connectivity index (χ4v) is 6.46. The monoisotopic (exact) mass is 588 g/mol. The van der Waals surface area contributed by atoms with Crippen molar-refractivity contribution >= 4 is 40.5 Å². The highest BCUT2D eigenvalue weighted by atomic mass is 35.5. The van der Waals surface area contributed by atoms with E-state index in [1.54, 1.807) is 30.9 Å². The van der Waals surface area contributed by atoms with Gasteiger partial charge in [0.05, 0.1) is 19.1 Å². The minimum absolute atomic E-state index is 0.0000681. The van der Waals surface area contributed by atoms with E-state index in [0.717, 1.165) is 5.56 Å². The van der Waals surface area contributed by atoms with E-state index in [9.17, 15) is 14.4 Å². The summed E-state index contributed by atoms with van der Waals surface area (Å²) in [7, 11) is 0. The predicted octanol–water partition coefficient (Wildman–Crippen LogP) is 3.91. The van der Waals surface area contributed by atoms with Crippen molar-refractivity contribution in [2.45, 2.75) is 31.9 Å². The van der Waals surface area contributed by atoms with Gasteiger partial charge in [0, 0.05) is 29.6 Å². The van der Waals surface area contributed by atoms with E-state index in [2.05, 4.69) is 10.3 Å². The zero-order valence-electron chi connectivity index (χ0n) is 23.1. The summed E-state index contributed by atoms with van der Waals surface area (Å²) < 4.78 is 11.1. The number of rotatable bonds is 8. The molecule has 1 aliphatic carbocycles. The van der Waals surface area contributed by atoms with Gasteiger partial charge in [-0.25, -0.2) is 0 Å². The first kappa shape index (κ1) is 27.7. The largest absolute Gasteiger partial charge is 0.465 e. The lowest BCUT2D eigenvalue weighted by Crippen LogP contribution is -2.59. The fraction of sp³-hybridized carbons (Fsp3) is 0.323. The van der Waals surface area contributed by atoms with Gasteiger partial charge in [-0.2, -0.15) is 0 Å². The van der Waals surface area contributed by atoms with Crippen molar-refractivity contribution < 1.29 is 28.7 Å². The van der Waals surface area contributed by atoms with Crippen molar-refractivity contribution in [3.8, 4) is 0 Å². The maximum absolute atomic E-state index is 14.4. The minimum atomic E-state index is -2.09. The smallest absolute Gasteiger partial charge is 0.328 e. The molecule has 3 aromatic carbocycles. The number of amides is 1. The number of hydrogen-bond acceptors (Lipinski definition) is 8. The van der Waals surface area contributed by atoms with Crippen LogP contribution in [0.3, 0.4) is 0 Å². The van der Waals surface area contributed by atoms with Crippen LogP contribution < -0.4 is 4.84 Å². The second-order valence-corrected chi connectivity index (χ2v) is 10.7. The van der Waals surface area contributed by atoms with Gasteiger partial charge in [-0.05, 0) is 54.5 Å². The summed E-state index contributed by atoms with van der Waals surface area (Å²) in [5.41, 5.74) is 0.796. The number of esters is 2. The molecule has 2 heterocycles. The molecule has 11 heteroatoms. The van der Waals surface area contributed by atoms with Crippen LogP contribution in [0.5, 0.6) is 0 Å². The summed E-state index contributed by atoms with van der Waals surface area (Å²) >= 11 is 6.48. The number of likely N-dealkylation sites (tertiary alicyclic amines) is 1. The van der Waals surface area contributed by atoms with E-state index in [1.165, 1.54) is 10.9 Å². The Kier molecular flexibility index (Phi) is 7.32. The Morgan fingerprint density at radius 3 is 2.38 bits per heavy atom. The first-order valence-electron chi connectivity index (χ1n) is 13.8. The summed E-state index contributed by atoms with van der Waals surface area (Å²) in [6.07, 6.45) is -0.797.